The Labute approximate surface area is 173 Å². The molecule has 0 radical (unpaired) electrons. The van der Waals surface area contributed by atoms with Gasteiger partial charge in [-0.05, 0) is 42.8 Å². The van der Waals surface area contributed by atoms with Gasteiger partial charge in [0.15, 0.2) is 0 Å². The SMILES string of the molecule is COc1ccc(S(=O)(=O)NCCN2CCN(c3ccccc3OC)CC2)cc1C. The summed E-state index contributed by atoms with van der Waals surface area (Å²) in [7, 11) is -0.273. The second-order valence-corrected chi connectivity index (χ2v) is 8.80. The van der Waals surface area contributed by atoms with Gasteiger partial charge in [-0.25, -0.2) is 13.1 Å². The van der Waals surface area contributed by atoms with Crippen LogP contribution in [0.4, 0.5) is 5.69 Å². The Hall–Kier alpha value is -2.29. The lowest BCUT2D eigenvalue weighted by Gasteiger charge is -2.36. The highest BCUT2D eigenvalue weighted by Crippen LogP contribution is 2.28. The predicted molar refractivity (Wildman–Crippen MR) is 115 cm³/mol. The lowest BCUT2D eigenvalue weighted by molar-refractivity contribution is 0.261. The maximum absolute atomic E-state index is 12.5. The fourth-order valence-electron chi connectivity index (χ4n) is 3.54. The van der Waals surface area contributed by atoms with Gasteiger partial charge in [-0.1, -0.05) is 12.1 Å². The topological polar surface area (TPSA) is 71.1 Å². The Bertz CT molecular complexity index is 925. The number of sulfonamides is 1. The van der Waals surface area contributed by atoms with Gasteiger partial charge in [-0.2, -0.15) is 0 Å². The van der Waals surface area contributed by atoms with E-state index in [2.05, 4.69) is 20.6 Å². The quantitative estimate of drug-likeness (QED) is 0.707. The smallest absolute Gasteiger partial charge is 0.240 e. The summed E-state index contributed by atoms with van der Waals surface area (Å²) < 4.78 is 38.4. The normalized spacial score (nSPS) is 15.3. The van der Waals surface area contributed by atoms with E-state index in [0.717, 1.165) is 43.2 Å². The van der Waals surface area contributed by atoms with Crippen molar-refractivity contribution in [1.29, 1.82) is 0 Å². The zero-order valence-electron chi connectivity index (χ0n) is 17.2. The van der Waals surface area contributed by atoms with Crippen molar-refractivity contribution in [2.24, 2.45) is 0 Å². The molecule has 1 aliphatic heterocycles. The molecule has 8 heteroatoms. The zero-order chi connectivity index (χ0) is 20.9. The monoisotopic (exact) mass is 419 g/mol. The van der Waals surface area contributed by atoms with Gasteiger partial charge >= 0.3 is 0 Å². The summed E-state index contributed by atoms with van der Waals surface area (Å²) >= 11 is 0. The first-order valence-electron chi connectivity index (χ1n) is 9.69. The Kier molecular flexibility index (Phi) is 7.00. The predicted octanol–water partition coefficient (Wildman–Crippen LogP) is 2.11. The molecular weight excluding hydrogens is 390 g/mol. The highest BCUT2D eigenvalue weighted by Gasteiger charge is 2.20. The van der Waals surface area contributed by atoms with Gasteiger partial charge < -0.3 is 14.4 Å². The van der Waals surface area contributed by atoms with Crippen LogP contribution >= 0.6 is 0 Å². The largest absolute Gasteiger partial charge is 0.496 e. The van der Waals surface area contributed by atoms with Gasteiger partial charge in [-0.15, -0.1) is 0 Å². The van der Waals surface area contributed by atoms with Crippen molar-refractivity contribution in [3.63, 3.8) is 0 Å². The van der Waals surface area contributed by atoms with Crippen molar-refractivity contribution < 1.29 is 17.9 Å². The van der Waals surface area contributed by atoms with Crippen LogP contribution in [0.3, 0.4) is 0 Å². The maximum atomic E-state index is 12.5. The van der Waals surface area contributed by atoms with E-state index in [0.29, 0.717) is 18.8 Å². The molecule has 0 bridgehead atoms. The lowest BCUT2D eigenvalue weighted by atomic mass is 10.2. The van der Waals surface area contributed by atoms with Crippen LogP contribution in [0.2, 0.25) is 0 Å². The minimum atomic E-state index is -3.53. The van der Waals surface area contributed by atoms with Crippen molar-refractivity contribution in [3.05, 3.63) is 48.0 Å². The Balaban J connectivity index is 1.50. The summed E-state index contributed by atoms with van der Waals surface area (Å²) in [5.74, 6) is 1.56. The van der Waals surface area contributed by atoms with Crippen molar-refractivity contribution in [3.8, 4) is 11.5 Å². The highest BCUT2D eigenvalue weighted by molar-refractivity contribution is 7.89. The van der Waals surface area contributed by atoms with Crippen molar-refractivity contribution in [1.82, 2.24) is 9.62 Å². The number of benzene rings is 2. The molecule has 2 aromatic carbocycles. The molecule has 2 aromatic rings. The van der Waals surface area contributed by atoms with Gasteiger partial charge in [0.05, 0.1) is 24.8 Å². The van der Waals surface area contributed by atoms with E-state index in [1.165, 1.54) is 0 Å². The second kappa shape index (κ2) is 9.47. The minimum Gasteiger partial charge on any atom is -0.496 e. The molecule has 3 rings (SSSR count). The molecule has 1 saturated heterocycles. The fraction of sp³-hybridized carbons (Fsp3) is 0.429. The van der Waals surface area contributed by atoms with E-state index in [4.69, 9.17) is 9.47 Å². The molecule has 7 nitrogen and oxygen atoms in total. The molecule has 0 spiro atoms. The van der Waals surface area contributed by atoms with Crippen LogP contribution in [0.5, 0.6) is 11.5 Å². The lowest BCUT2D eigenvalue weighted by Crippen LogP contribution is -2.48. The summed E-state index contributed by atoms with van der Waals surface area (Å²) in [4.78, 5) is 4.84. The molecule has 1 fully saturated rings. The van der Waals surface area contributed by atoms with Crippen LogP contribution < -0.4 is 19.1 Å². The van der Waals surface area contributed by atoms with Gasteiger partial charge in [0.2, 0.25) is 10.0 Å². The maximum Gasteiger partial charge on any atom is 0.240 e. The molecule has 0 amide bonds. The molecule has 0 aromatic heterocycles. The van der Waals surface area contributed by atoms with Gasteiger partial charge in [0.1, 0.15) is 11.5 Å². The summed E-state index contributed by atoms with van der Waals surface area (Å²) in [5, 5.41) is 0. The number of nitrogens with one attached hydrogen (secondary N) is 1. The van der Waals surface area contributed by atoms with Crippen LogP contribution in [0.25, 0.3) is 0 Å². The van der Waals surface area contributed by atoms with Crippen LogP contribution in [-0.2, 0) is 10.0 Å². The number of anilines is 1. The highest BCUT2D eigenvalue weighted by atomic mass is 32.2. The molecule has 1 N–H and O–H groups in total. The van der Waals surface area contributed by atoms with E-state index < -0.39 is 10.0 Å². The van der Waals surface area contributed by atoms with Crippen molar-refractivity contribution in [2.45, 2.75) is 11.8 Å². The van der Waals surface area contributed by atoms with E-state index in [-0.39, 0.29) is 4.90 Å². The molecule has 0 aliphatic carbocycles. The number of rotatable bonds is 8. The molecule has 0 saturated carbocycles. The summed E-state index contributed by atoms with van der Waals surface area (Å²) in [6.07, 6.45) is 0. The summed E-state index contributed by atoms with van der Waals surface area (Å²) in [5.41, 5.74) is 1.90. The van der Waals surface area contributed by atoms with Crippen LogP contribution in [0.1, 0.15) is 5.56 Å². The average molecular weight is 420 g/mol. The average Bonchev–Trinajstić information content (AvgIpc) is 2.74. The fourth-order valence-corrected chi connectivity index (χ4v) is 4.65. The van der Waals surface area contributed by atoms with Gasteiger partial charge in [0, 0.05) is 39.3 Å². The number of methoxy groups -OCH3 is 2. The molecule has 158 valence electrons. The van der Waals surface area contributed by atoms with Gasteiger partial charge in [-0.3, -0.25) is 4.90 Å². The van der Waals surface area contributed by atoms with E-state index in [9.17, 15) is 8.42 Å². The van der Waals surface area contributed by atoms with E-state index in [1.807, 2.05) is 25.1 Å². The third kappa shape index (κ3) is 5.20. The van der Waals surface area contributed by atoms with Crippen molar-refractivity contribution in [2.75, 3.05) is 58.4 Å². The first-order chi connectivity index (χ1) is 13.9. The third-order valence-electron chi connectivity index (χ3n) is 5.19. The molecule has 1 heterocycles. The Morgan fingerprint density at radius 3 is 2.31 bits per heavy atom. The standard InChI is InChI=1S/C21H29N3O4S/c1-17-16-18(8-9-20(17)27-2)29(25,26)22-10-11-23-12-14-24(15-13-23)19-6-4-5-7-21(19)28-3/h4-9,16,22H,10-15H2,1-3H3. The number of aryl methyl sites for hydroxylation is 1. The molecule has 0 atom stereocenters. The number of ether oxygens (including phenoxy) is 2. The molecule has 0 unspecified atom stereocenters. The zero-order valence-corrected chi connectivity index (χ0v) is 18.0. The summed E-state index contributed by atoms with van der Waals surface area (Å²) in [6, 6.07) is 12.9. The Morgan fingerprint density at radius 2 is 1.66 bits per heavy atom. The van der Waals surface area contributed by atoms with Crippen molar-refractivity contribution >= 4 is 15.7 Å². The summed E-state index contributed by atoms with van der Waals surface area (Å²) in [6.45, 7) is 6.40. The molecule has 1 aliphatic rings. The van der Waals surface area contributed by atoms with E-state index in [1.54, 1.807) is 32.4 Å². The number of nitrogens with zero attached hydrogens (tertiary/aromatic N) is 2. The minimum absolute atomic E-state index is 0.261. The van der Waals surface area contributed by atoms with Crippen LogP contribution in [0.15, 0.2) is 47.4 Å². The number of para-hydroxylation sites is 2. The second-order valence-electron chi connectivity index (χ2n) is 7.03. The molecule has 29 heavy (non-hydrogen) atoms. The number of hydrogen-bond donors (Lipinski definition) is 1. The first-order valence-corrected chi connectivity index (χ1v) is 11.2. The first kappa shape index (κ1) is 21.4. The van der Waals surface area contributed by atoms with Crippen LogP contribution in [-0.4, -0.2) is 66.8 Å². The molecular formula is C21H29N3O4S. The number of piperazine rings is 1. The third-order valence-corrected chi connectivity index (χ3v) is 6.65. The van der Waals surface area contributed by atoms with E-state index >= 15 is 0 Å². The Morgan fingerprint density at radius 1 is 0.966 bits per heavy atom. The van der Waals surface area contributed by atoms with Crippen LogP contribution in [0, 0.1) is 6.92 Å². The number of hydrogen-bond acceptors (Lipinski definition) is 6. The van der Waals surface area contributed by atoms with Gasteiger partial charge in [0.25, 0.3) is 0 Å².